The van der Waals surface area contributed by atoms with E-state index in [1.807, 2.05) is 30.0 Å². The fourth-order valence-electron chi connectivity index (χ4n) is 1.72. The summed E-state index contributed by atoms with van der Waals surface area (Å²) in [5.41, 5.74) is 0. The van der Waals surface area contributed by atoms with E-state index < -0.39 is 0 Å². The Morgan fingerprint density at radius 3 is 2.54 bits per heavy atom. The molecule has 1 aliphatic carbocycles. The first-order chi connectivity index (χ1) is 6.36. The average Bonchev–Trinajstić information content (AvgIpc) is 2.54. The minimum absolute atomic E-state index is 0.0924. The predicted molar refractivity (Wildman–Crippen MR) is 55.9 cm³/mol. The third-order valence-electron chi connectivity index (χ3n) is 2.45. The van der Waals surface area contributed by atoms with Crippen molar-refractivity contribution in [2.45, 2.75) is 35.5 Å². The zero-order chi connectivity index (χ0) is 9.10. The smallest absolute Gasteiger partial charge is 0.0662 e. The van der Waals surface area contributed by atoms with Crippen LogP contribution in [0.15, 0.2) is 35.2 Å². The van der Waals surface area contributed by atoms with E-state index in [0.717, 1.165) is 12.8 Å². The van der Waals surface area contributed by atoms with E-state index in [4.69, 9.17) is 0 Å². The van der Waals surface area contributed by atoms with Crippen molar-refractivity contribution in [1.29, 1.82) is 0 Å². The van der Waals surface area contributed by atoms with Crippen molar-refractivity contribution in [2.24, 2.45) is 0 Å². The molecule has 13 heavy (non-hydrogen) atoms. The molecule has 1 aliphatic rings. The van der Waals surface area contributed by atoms with Gasteiger partial charge in [-0.2, -0.15) is 0 Å². The highest BCUT2D eigenvalue weighted by Gasteiger charge is 2.25. The van der Waals surface area contributed by atoms with Crippen molar-refractivity contribution in [3.8, 4) is 0 Å². The number of hydrogen-bond acceptors (Lipinski definition) is 2. The molecule has 2 rings (SSSR count). The maximum atomic E-state index is 9.63. The summed E-state index contributed by atoms with van der Waals surface area (Å²) < 4.78 is 0. The highest BCUT2D eigenvalue weighted by Crippen LogP contribution is 2.34. The zero-order valence-electron chi connectivity index (χ0n) is 7.52. The molecule has 0 radical (unpaired) electrons. The Kier molecular flexibility index (Phi) is 2.91. The standard InChI is InChI=1S/C11H14OS/c12-10-7-4-8-11(10)13-9-5-2-1-3-6-9/h1-3,5-6,10-12H,4,7-8H2. The van der Waals surface area contributed by atoms with E-state index in [-0.39, 0.29) is 6.10 Å². The summed E-state index contributed by atoms with van der Waals surface area (Å²) in [6.07, 6.45) is 3.21. The first-order valence-electron chi connectivity index (χ1n) is 4.76. The molecule has 1 aromatic carbocycles. The van der Waals surface area contributed by atoms with Crippen molar-refractivity contribution >= 4 is 11.8 Å². The van der Waals surface area contributed by atoms with Crippen LogP contribution in [-0.2, 0) is 0 Å². The Labute approximate surface area is 83.2 Å². The van der Waals surface area contributed by atoms with E-state index in [1.54, 1.807) is 0 Å². The fraction of sp³-hybridized carbons (Fsp3) is 0.455. The third-order valence-corrected chi connectivity index (χ3v) is 3.85. The topological polar surface area (TPSA) is 20.2 Å². The molecule has 70 valence electrons. The van der Waals surface area contributed by atoms with Crippen molar-refractivity contribution in [3.63, 3.8) is 0 Å². The second-order valence-electron chi connectivity index (χ2n) is 3.47. The monoisotopic (exact) mass is 194 g/mol. The molecule has 1 N–H and O–H groups in total. The number of aliphatic hydroxyl groups is 1. The molecule has 2 atom stereocenters. The van der Waals surface area contributed by atoms with Gasteiger partial charge >= 0.3 is 0 Å². The molecule has 2 unspecified atom stereocenters. The van der Waals surface area contributed by atoms with E-state index in [0.29, 0.717) is 5.25 Å². The van der Waals surface area contributed by atoms with Gasteiger partial charge in [0.15, 0.2) is 0 Å². The van der Waals surface area contributed by atoms with Crippen LogP contribution in [0.25, 0.3) is 0 Å². The van der Waals surface area contributed by atoms with E-state index in [9.17, 15) is 5.11 Å². The number of hydrogen-bond donors (Lipinski definition) is 1. The van der Waals surface area contributed by atoms with Gasteiger partial charge < -0.3 is 5.11 Å². The largest absolute Gasteiger partial charge is 0.392 e. The summed E-state index contributed by atoms with van der Waals surface area (Å²) in [5.74, 6) is 0. The molecule has 2 heteroatoms. The molecule has 0 aromatic heterocycles. The van der Waals surface area contributed by atoms with Crippen molar-refractivity contribution in [1.82, 2.24) is 0 Å². The zero-order valence-corrected chi connectivity index (χ0v) is 8.33. The normalized spacial score (nSPS) is 27.8. The molecule has 1 saturated carbocycles. The molecule has 1 fully saturated rings. The Morgan fingerprint density at radius 2 is 1.92 bits per heavy atom. The number of rotatable bonds is 2. The maximum absolute atomic E-state index is 9.63. The van der Waals surface area contributed by atoms with E-state index in [1.165, 1.54) is 11.3 Å². The first kappa shape index (κ1) is 9.10. The van der Waals surface area contributed by atoms with Gasteiger partial charge in [0.1, 0.15) is 0 Å². The van der Waals surface area contributed by atoms with Gasteiger partial charge in [0.2, 0.25) is 0 Å². The lowest BCUT2D eigenvalue weighted by Crippen LogP contribution is -2.14. The van der Waals surface area contributed by atoms with E-state index >= 15 is 0 Å². The van der Waals surface area contributed by atoms with Gasteiger partial charge in [-0.05, 0) is 31.4 Å². The molecule has 1 aromatic rings. The Morgan fingerprint density at radius 1 is 1.15 bits per heavy atom. The molecule has 0 bridgehead atoms. The average molecular weight is 194 g/mol. The van der Waals surface area contributed by atoms with Crippen LogP contribution in [0.2, 0.25) is 0 Å². The van der Waals surface area contributed by atoms with Crippen LogP contribution in [0.4, 0.5) is 0 Å². The minimum Gasteiger partial charge on any atom is -0.392 e. The Hall–Kier alpha value is -0.470. The van der Waals surface area contributed by atoms with Crippen LogP contribution < -0.4 is 0 Å². The first-order valence-corrected chi connectivity index (χ1v) is 5.64. The van der Waals surface area contributed by atoms with Gasteiger partial charge in [0.05, 0.1) is 6.10 Å². The molecule has 1 nitrogen and oxygen atoms in total. The molecular weight excluding hydrogens is 180 g/mol. The Balaban J connectivity index is 1.98. The lowest BCUT2D eigenvalue weighted by molar-refractivity contribution is 0.188. The van der Waals surface area contributed by atoms with Crippen molar-refractivity contribution in [2.75, 3.05) is 0 Å². The summed E-state index contributed by atoms with van der Waals surface area (Å²) in [7, 11) is 0. The molecular formula is C11H14OS. The third kappa shape index (κ3) is 2.26. The number of benzene rings is 1. The van der Waals surface area contributed by atoms with Gasteiger partial charge in [0, 0.05) is 10.1 Å². The second kappa shape index (κ2) is 4.16. The summed E-state index contributed by atoms with van der Waals surface area (Å²) in [6, 6.07) is 10.3. The van der Waals surface area contributed by atoms with Crippen molar-refractivity contribution in [3.05, 3.63) is 30.3 Å². The summed E-state index contributed by atoms with van der Waals surface area (Å²) in [6.45, 7) is 0. The second-order valence-corrected chi connectivity index (χ2v) is 4.78. The highest BCUT2D eigenvalue weighted by atomic mass is 32.2. The van der Waals surface area contributed by atoms with Crippen LogP contribution in [0.5, 0.6) is 0 Å². The summed E-state index contributed by atoms with van der Waals surface area (Å²) in [4.78, 5) is 1.27. The van der Waals surface area contributed by atoms with Crippen LogP contribution in [0, 0.1) is 0 Å². The van der Waals surface area contributed by atoms with Gasteiger partial charge in [-0.15, -0.1) is 11.8 Å². The molecule has 0 amide bonds. The molecule has 0 heterocycles. The van der Waals surface area contributed by atoms with Gasteiger partial charge in [0.25, 0.3) is 0 Å². The van der Waals surface area contributed by atoms with Crippen molar-refractivity contribution < 1.29 is 5.11 Å². The fourth-order valence-corrected chi connectivity index (χ4v) is 2.96. The van der Waals surface area contributed by atoms with Crippen LogP contribution in [0.1, 0.15) is 19.3 Å². The van der Waals surface area contributed by atoms with Gasteiger partial charge in [-0.25, -0.2) is 0 Å². The van der Waals surface area contributed by atoms with Gasteiger partial charge in [-0.3, -0.25) is 0 Å². The molecule has 0 spiro atoms. The van der Waals surface area contributed by atoms with Gasteiger partial charge in [-0.1, -0.05) is 18.2 Å². The van der Waals surface area contributed by atoms with Crippen LogP contribution in [0.3, 0.4) is 0 Å². The highest BCUT2D eigenvalue weighted by molar-refractivity contribution is 8.00. The van der Waals surface area contributed by atoms with Crippen LogP contribution >= 0.6 is 11.8 Å². The molecule has 0 saturated heterocycles. The quantitative estimate of drug-likeness (QED) is 0.781. The summed E-state index contributed by atoms with van der Waals surface area (Å²) in [5, 5.41) is 10.0. The maximum Gasteiger partial charge on any atom is 0.0662 e. The predicted octanol–water partition coefficient (Wildman–Crippen LogP) is 2.69. The van der Waals surface area contributed by atoms with E-state index in [2.05, 4.69) is 12.1 Å². The Bertz CT molecular complexity index is 260. The van der Waals surface area contributed by atoms with Crippen LogP contribution in [-0.4, -0.2) is 16.5 Å². The lowest BCUT2D eigenvalue weighted by Gasteiger charge is -2.13. The SMILES string of the molecule is OC1CCCC1Sc1ccccc1. The number of thioether (sulfide) groups is 1. The minimum atomic E-state index is -0.0924. The summed E-state index contributed by atoms with van der Waals surface area (Å²) >= 11 is 1.81. The molecule has 0 aliphatic heterocycles. The number of aliphatic hydroxyl groups excluding tert-OH is 1. The lowest BCUT2D eigenvalue weighted by atomic mass is 10.3.